The highest BCUT2D eigenvalue weighted by molar-refractivity contribution is 8.00. The van der Waals surface area contributed by atoms with Gasteiger partial charge in [0.15, 0.2) is 9.84 Å². The molecule has 386 valence electrons. The van der Waals surface area contributed by atoms with Gasteiger partial charge in [0.05, 0.1) is 11.5 Å². The summed E-state index contributed by atoms with van der Waals surface area (Å²) in [5.74, 6) is 3.75. The van der Waals surface area contributed by atoms with Gasteiger partial charge in [0.25, 0.3) is 5.91 Å². The number of hydrogen-bond acceptors (Lipinski definition) is 15. The lowest BCUT2D eigenvalue weighted by molar-refractivity contribution is -0.121. The Balaban J connectivity index is -0.000000406. The van der Waals surface area contributed by atoms with Crippen molar-refractivity contribution < 1.29 is 52.8 Å². The molecule has 0 heterocycles. The van der Waals surface area contributed by atoms with Crippen LogP contribution in [-0.4, -0.2) is 123 Å². The lowest BCUT2D eigenvalue weighted by atomic mass is 10.1. The highest BCUT2D eigenvalue weighted by Gasteiger charge is 2.13. The molecule has 5 N–H and O–H groups in total. The summed E-state index contributed by atoms with van der Waals surface area (Å²) in [5.41, 5.74) is 1.34. The highest BCUT2D eigenvalue weighted by Crippen LogP contribution is 2.13. The quantitative estimate of drug-likeness (QED) is 0.0574. The van der Waals surface area contributed by atoms with Crippen LogP contribution < -0.4 is 26.6 Å². The Kier molecular flexibility index (Phi) is 46.8. The molecule has 0 radical (unpaired) electrons. The number of rotatable bonds is 28. The molecule has 1 aromatic rings. The van der Waals surface area contributed by atoms with E-state index >= 15 is 0 Å². The Morgan fingerprint density at radius 2 is 1.02 bits per heavy atom. The molecule has 0 bridgehead atoms. The molecular weight excluding hydrogens is 951 g/mol. The first-order valence-corrected chi connectivity index (χ1v) is 28.4. The summed E-state index contributed by atoms with van der Waals surface area (Å²) in [4.78, 5) is 46.6. The molecule has 0 saturated heterocycles. The van der Waals surface area contributed by atoms with Gasteiger partial charge in [-0.05, 0) is 96.1 Å². The third kappa shape index (κ3) is 60.9. The second-order valence-corrected chi connectivity index (χ2v) is 23.6. The molecule has 4 amide bonds. The van der Waals surface area contributed by atoms with E-state index in [1.807, 2.05) is 51.2 Å². The van der Waals surface area contributed by atoms with Crippen LogP contribution in [0.25, 0.3) is 0 Å². The van der Waals surface area contributed by atoms with Gasteiger partial charge in [-0.1, -0.05) is 83.1 Å². The average Bonchev–Trinajstić information content (AvgIpc) is 3.16. The summed E-state index contributed by atoms with van der Waals surface area (Å²) in [6.45, 7) is 27.7. The predicted molar refractivity (Wildman–Crippen MR) is 271 cm³/mol. The number of carbonyl (C=O) groups is 4. The monoisotopic (exact) mass is 1030 g/mol. The fourth-order valence-electron chi connectivity index (χ4n) is 5.06. The van der Waals surface area contributed by atoms with Crippen LogP contribution in [0.4, 0.5) is 5.69 Å². The van der Waals surface area contributed by atoms with Gasteiger partial charge in [-0.25, -0.2) is 8.42 Å². The summed E-state index contributed by atoms with van der Waals surface area (Å²) in [6, 6.07) is 7.49. The molecule has 66 heavy (non-hydrogen) atoms. The van der Waals surface area contributed by atoms with E-state index < -0.39 is 31.1 Å². The molecule has 0 unspecified atom stereocenters. The van der Waals surface area contributed by atoms with Crippen molar-refractivity contribution in [2.75, 3.05) is 54.5 Å². The fraction of sp³-hybridized carbons (Fsp3) is 0.773. The van der Waals surface area contributed by atoms with Crippen molar-refractivity contribution in [1.29, 1.82) is 0 Å². The SMILES string of the molecule is CC(C)CCCNC(=O)c1ccc(NC(=O)CC(C)C)cc1.CC(C)CS(=O)(=O)CCCNC(=O)CCCSC(C)C.CC(C)NCCNC(=O)CCCSC(C)C.O=S(=O)=O.O=S(=O)=O. The summed E-state index contributed by atoms with van der Waals surface area (Å²) in [7, 11) is -9.19. The molecule has 0 spiro atoms. The van der Waals surface area contributed by atoms with Crippen molar-refractivity contribution in [2.24, 2.45) is 17.8 Å². The largest absolute Gasteiger partial charge is 0.425 e. The van der Waals surface area contributed by atoms with Crippen molar-refractivity contribution in [1.82, 2.24) is 21.3 Å². The van der Waals surface area contributed by atoms with Crippen LogP contribution in [0.15, 0.2) is 24.3 Å². The smallest absolute Gasteiger partial charge is 0.356 e. The standard InChI is InChI=1S/C18H28N2O2.C14H29NO3S2.C12H26N2OS.2O3S/c1-13(2)6-5-11-19-18(22)15-7-9-16(10-8-15)20-17(21)12-14(3)4;1-12(2)11-20(17,18)10-6-8-15-14(16)7-5-9-19-13(3)4;1-10(2)13-7-8-14-12(15)6-5-9-16-11(3)4;2*1-4(2)3/h7-10,13-14H,5-6,11-12H2,1-4H3,(H,19,22)(H,20,21);12-13H,5-11H2,1-4H3,(H,15,16);10-11,13H,5-9H2,1-4H3,(H,14,15);;. The Hall–Kier alpha value is -3.05. The lowest BCUT2D eigenvalue weighted by Gasteiger charge is -2.09. The van der Waals surface area contributed by atoms with Crippen LogP contribution in [0.2, 0.25) is 0 Å². The highest BCUT2D eigenvalue weighted by atomic mass is 32.2. The van der Waals surface area contributed by atoms with Crippen LogP contribution in [0, 0.1) is 17.8 Å². The lowest BCUT2D eigenvalue weighted by Crippen LogP contribution is -2.34. The normalized spacial score (nSPS) is 10.7. The van der Waals surface area contributed by atoms with Crippen molar-refractivity contribution in [2.45, 2.75) is 151 Å². The topological polar surface area (TPSA) is 265 Å². The molecule has 1 aromatic carbocycles. The van der Waals surface area contributed by atoms with E-state index in [1.54, 1.807) is 24.3 Å². The number of hydrogen-bond donors (Lipinski definition) is 5. The summed E-state index contributed by atoms with van der Waals surface area (Å²) < 4.78 is 74.0. The van der Waals surface area contributed by atoms with E-state index in [1.165, 1.54) is 0 Å². The minimum Gasteiger partial charge on any atom is -0.356 e. The van der Waals surface area contributed by atoms with Gasteiger partial charge in [0.2, 0.25) is 17.7 Å². The molecule has 0 aliphatic carbocycles. The fourth-order valence-corrected chi connectivity index (χ4v) is 8.39. The van der Waals surface area contributed by atoms with E-state index in [0.29, 0.717) is 72.7 Å². The molecule has 0 aliphatic heterocycles. The zero-order chi connectivity index (χ0) is 51.7. The first-order valence-electron chi connectivity index (χ1n) is 22.5. The molecule has 1 rings (SSSR count). The van der Waals surface area contributed by atoms with Gasteiger partial charge in [0.1, 0.15) is 0 Å². The van der Waals surface area contributed by atoms with Crippen LogP contribution >= 0.6 is 23.5 Å². The Bertz CT molecular complexity index is 1720. The van der Waals surface area contributed by atoms with Crippen molar-refractivity contribution in [3.05, 3.63) is 29.8 Å². The zero-order valence-electron chi connectivity index (χ0n) is 41.5. The first kappa shape index (κ1) is 69.5. The van der Waals surface area contributed by atoms with Crippen LogP contribution in [-0.2, 0) is 45.4 Å². The predicted octanol–water partition coefficient (Wildman–Crippen LogP) is 6.34. The second-order valence-electron chi connectivity index (χ2n) is 17.1. The van der Waals surface area contributed by atoms with Gasteiger partial charge in [-0.2, -0.15) is 23.5 Å². The van der Waals surface area contributed by atoms with Crippen molar-refractivity contribution in [3.63, 3.8) is 0 Å². The average molecular weight is 1030 g/mol. The number of benzene rings is 1. The minimum atomic E-state index is -3.11. The number of anilines is 1. The van der Waals surface area contributed by atoms with Crippen molar-refractivity contribution in [3.8, 4) is 0 Å². The minimum absolute atomic E-state index is 0.000821. The van der Waals surface area contributed by atoms with Crippen LogP contribution in [0.1, 0.15) is 145 Å². The van der Waals surface area contributed by atoms with Gasteiger partial charge in [0, 0.05) is 62.7 Å². The maximum Gasteiger partial charge on any atom is 0.425 e. The van der Waals surface area contributed by atoms with Crippen LogP contribution in [0.5, 0.6) is 0 Å². The number of sulfone groups is 1. The molecule has 0 saturated carbocycles. The van der Waals surface area contributed by atoms with E-state index in [2.05, 4.69) is 82.0 Å². The van der Waals surface area contributed by atoms with Gasteiger partial charge in [-0.3, -0.25) is 19.2 Å². The zero-order valence-corrected chi connectivity index (χ0v) is 45.6. The van der Waals surface area contributed by atoms with Gasteiger partial charge in [-0.15, -0.1) is 25.3 Å². The van der Waals surface area contributed by atoms with E-state index in [9.17, 15) is 27.6 Å². The van der Waals surface area contributed by atoms with E-state index in [4.69, 9.17) is 25.3 Å². The molecular formula is C44H83N5O12S5. The van der Waals surface area contributed by atoms with E-state index in [0.717, 1.165) is 56.0 Å². The molecule has 0 aliphatic rings. The molecule has 0 atom stereocenters. The molecule has 22 heteroatoms. The van der Waals surface area contributed by atoms with Gasteiger partial charge >= 0.3 is 21.2 Å². The number of nitrogens with one attached hydrogen (secondary N) is 5. The second kappa shape index (κ2) is 44.5. The first-order chi connectivity index (χ1) is 30.6. The Labute approximate surface area is 408 Å². The summed E-state index contributed by atoms with van der Waals surface area (Å²) in [6.07, 6.45) is 6.14. The molecule has 0 fully saturated rings. The number of amides is 4. The Morgan fingerprint density at radius 3 is 1.42 bits per heavy atom. The maximum atomic E-state index is 12.0. The third-order valence-corrected chi connectivity index (χ3v) is 12.3. The number of thioether (sulfide) groups is 2. The molecule has 17 nitrogen and oxygen atoms in total. The molecule has 0 aromatic heterocycles. The summed E-state index contributed by atoms with van der Waals surface area (Å²) >= 11 is 3.76. The Morgan fingerprint density at radius 1 is 0.561 bits per heavy atom. The van der Waals surface area contributed by atoms with Crippen LogP contribution in [0.3, 0.4) is 0 Å². The van der Waals surface area contributed by atoms with Crippen molar-refractivity contribution >= 4 is 83.9 Å². The maximum absolute atomic E-state index is 12.0. The number of carbonyl (C=O) groups excluding carboxylic acids is 4. The van der Waals surface area contributed by atoms with Gasteiger partial charge < -0.3 is 26.6 Å². The summed E-state index contributed by atoms with van der Waals surface area (Å²) in [5, 5.41) is 16.0. The third-order valence-electron chi connectivity index (χ3n) is 7.81. The van der Waals surface area contributed by atoms with E-state index in [-0.39, 0.29) is 41.1 Å².